The molecule has 6 nitrogen and oxygen atoms in total. The van der Waals surface area contributed by atoms with Gasteiger partial charge in [-0.25, -0.2) is 23.1 Å². The molecule has 4 rings (SSSR count). The molecule has 1 aromatic carbocycles. The smallest absolute Gasteiger partial charge is 0.281 e. The summed E-state index contributed by atoms with van der Waals surface area (Å²) in [6, 6.07) is 9.06. The van der Waals surface area contributed by atoms with Crippen LogP contribution in [0.15, 0.2) is 41.9 Å². The van der Waals surface area contributed by atoms with Crippen LogP contribution >= 0.6 is 22.9 Å². The third-order valence-electron chi connectivity index (χ3n) is 6.20. The van der Waals surface area contributed by atoms with Gasteiger partial charge in [-0.2, -0.15) is 0 Å². The minimum atomic E-state index is -2.74. The summed E-state index contributed by atoms with van der Waals surface area (Å²) in [5.74, 6) is -0.574. The van der Waals surface area contributed by atoms with Gasteiger partial charge in [-0.3, -0.25) is 9.69 Å². The molecule has 0 radical (unpaired) electrons. The molecule has 1 atom stereocenters. The highest BCUT2D eigenvalue weighted by molar-refractivity contribution is 7.09. The average Bonchev–Trinajstić information content (AvgIpc) is 3.34. The predicted molar refractivity (Wildman–Crippen MR) is 132 cm³/mol. The molecular formula is C25H26ClF3N4O2S. The number of rotatable bonds is 9. The molecular weight excluding hydrogens is 513 g/mol. The fourth-order valence-corrected chi connectivity index (χ4v) is 5.47. The van der Waals surface area contributed by atoms with Gasteiger partial charge in [-0.05, 0) is 57.0 Å². The van der Waals surface area contributed by atoms with E-state index in [-0.39, 0.29) is 28.7 Å². The Labute approximate surface area is 216 Å². The highest BCUT2D eigenvalue weighted by Crippen LogP contribution is 2.35. The minimum Gasteiger partial charge on any atom is -0.477 e. The summed E-state index contributed by atoms with van der Waals surface area (Å²) in [5, 5.41) is 2.68. The van der Waals surface area contributed by atoms with E-state index in [1.165, 1.54) is 17.6 Å². The Bertz CT molecular complexity index is 1170. The van der Waals surface area contributed by atoms with Crippen LogP contribution in [0.4, 0.5) is 13.2 Å². The molecule has 1 aliphatic heterocycles. The molecule has 11 heteroatoms. The molecule has 1 aliphatic rings. The lowest BCUT2D eigenvalue weighted by atomic mass is 9.96. The van der Waals surface area contributed by atoms with Crippen molar-refractivity contribution in [3.05, 3.63) is 74.6 Å². The van der Waals surface area contributed by atoms with Crippen LogP contribution in [0.2, 0.25) is 5.02 Å². The zero-order valence-electron chi connectivity index (χ0n) is 19.6. The normalized spacial score (nSPS) is 15.7. The predicted octanol–water partition coefficient (Wildman–Crippen LogP) is 5.84. The highest BCUT2D eigenvalue weighted by Gasteiger charge is 2.32. The third kappa shape index (κ3) is 6.35. The number of alkyl halides is 2. The second-order valence-electron chi connectivity index (χ2n) is 8.63. The zero-order valence-corrected chi connectivity index (χ0v) is 21.2. The summed E-state index contributed by atoms with van der Waals surface area (Å²) in [4.78, 5) is 23.4. The number of pyridine rings is 1. The maximum absolute atomic E-state index is 14.2. The van der Waals surface area contributed by atoms with E-state index in [1.54, 1.807) is 0 Å². The van der Waals surface area contributed by atoms with Crippen molar-refractivity contribution < 1.29 is 22.7 Å². The van der Waals surface area contributed by atoms with E-state index >= 15 is 0 Å². The SMILES string of the molecule is Cc1cccc(OCC2CCN(C(CNC(=O)c3c(F)cccc3Cl)c3scnc3C(F)F)CC2)n1. The molecule has 3 aromatic rings. The number of benzene rings is 1. The van der Waals surface area contributed by atoms with Crippen LogP contribution in [0.5, 0.6) is 5.88 Å². The molecule has 0 bridgehead atoms. The summed E-state index contributed by atoms with van der Waals surface area (Å²) in [7, 11) is 0. The van der Waals surface area contributed by atoms with E-state index in [1.807, 2.05) is 25.1 Å². The molecule has 0 saturated carbocycles. The summed E-state index contributed by atoms with van der Waals surface area (Å²) in [5.41, 5.74) is 1.70. The molecule has 1 amide bonds. The molecule has 1 unspecified atom stereocenters. The summed E-state index contributed by atoms with van der Waals surface area (Å²) in [6.45, 7) is 3.67. The molecule has 36 heavy (non-hydrogen) atoms. The monoisotopic (exact) mass is 538 g/mol. The van der Waals surface area contributed by atoms with E-state index in [0.29, 0.717) is 30.5 Å². The lowest BCUT2D eigenvalue weighted by Crippen LogP contribution is -2.43. The van der Waals surface area contributed by atoms with Crippen molar-refractivity contribution in [2.75, 3.05) is 26.2 Å². The van der Waals surface area contributed by atoms with Gasteiger partial charge in [0.1, 0.15) is 11.5 Å². The number of nitrogens with one attached hydrogen (secondary N) is 1. The number of thiazole rings is 1. The number of carbonyl (C=O) groups excluding carboxylic acids is 1. The molecule has 1 saturated heterocycles. The number of nitrogens with zero attached hydrogens (tertiary/aromatic N) is 3. The van der Waals surface area contributed by atoms with Crippen molar-refractivity contribution in [2.24, 2.45) is 5.92 Å². The van der Waals surface area contributed by atoms with Gasteiger partial charge in [0, 0.05) is 18.3 Å². The Morgan fingerprint density at radius 3 is 2.69 bits per heavy atom. The van der Waals surface area contributed by atoms with Gasteiger partial charge < -0.3 is 10.1 Å². The average molecular weight is 539 g/mol. The van der Waals surface area contributed by atoms with Crippen molar-refractivity contribution in [1.82, 2.24) is 20.2 Å². The number of hydrogen-bond donors (Lipinski definition) is 1. The van der Waals surface area contributed by atoms with E-state index in [9.17, 15) is 18.0 Å². The van der Waals surface area contributed by atoms with Crippen LogP contribution in [0.3, 0.4) is 0 Å². The maximum Gasteiger partial charge on any atom is 0.281 e. The second kappa shape index (κ2) is 12.0. The Morgan fingerprint density at radius 1 is 1.25 bits per heavy atom. The number of aryl methyl sites for hydroxylation is 1. The lowest BCUT2D eigenvalue weighted by molar-refractivity contribution is 0.0867. The van der Waals surface area contributed by atoms with Crippen LogP contribution in [-0.4, -0.2) is 47.0 Å². The summed E-state index contributed by atoms with van der Waals surface area (Å²) in [6.07, 6.45) is -1.16. The highest BCUT2D eigenvalue weighted by atomic mass is 35.5. The quantitative estimate of drug-likeness (QED) is 0.371. The number of ether oxygens (including phenoxy) is 1. The lowest BCUT2D eigenvalue weighted by Gasteiger charge is -2.37. The Kier molecular flexibility index (Phi) is 8.81. The number of hydrogen-bond acceptors (Lipinski definition) is 6. The number of piperidine rings is 1. The van der Waals surface area contributed by atoms with Crippen LogP contribution in [0.1, 0.15) is 51.9 Å². The molecule has 192 valence electrons. The fourth-order valence-electron chi connectivity index (χ4n) is 4.29. The molecule has 0 spiro atoms. The number of likely N-dealkylation sites (tertiary alicyclic amines) is 1. The van der Waals surface area contributed by atoms with Gasteiger partial charge in [0.2, 0.25) is 5.88 Å². The van der Waals surface area contributed by atoms with Gasteiger partial charge in [0.05, 0.1) is 33.6 Å². The molecule has 0 aliphatic carbocycles. The zero-order chi connectivity index (χ0) is 25.7. The van der Waals surface area contributed by atoms with Crippen molar-refractivity contribution in [1.29, 1.82) is 0 Å². The van der Waals surface area contributed by atoms with Gasteiger partial charge >= 0.3 is 0 Å². The van der Waals surface area contributed by atoms with Crippen molar-refractivity contribution >= 4 is 28.8 Å². The summed E-state index contributed by atoms with van der Waals surface area (Å²) >= 11 is 7.14. The third-order valence-corrected chi connectivity index (χ3v) is 7.46. The van der Waals surface area contributed by atoms with Crippen LogP contribution in [-0.2, 0) is 0 Å². The first kappa shape index (κ1) is 26.4. The largest absolute Gasteiger partial charge is 0.477 e. The molecule has 1 N–H and O–H groups in total. The van der Waals surface area contributed by atoms with E-state index < -0.39 is 24.2 Å². The van der Waals surface area contributed by atoms with E-state index in [2.05, 4.69) is 20.2 Å². The van der Waals surface area contributed by atoms with E-state index in [4.69, 9.17) is 16.3 Å². The molecule has 1 fully saturated rings. The Balaban J connectivity index is 1.43. The number of amides is 1. The summed E-state index contributed by atoms with van der Waals surface area (Å²) < 4.78 is 47.4. The topological polar surface area (TPSA) is 67.3 Å². The molecule has 2 aromatic heterocycles. The van der Waals surface area contributed by atoms with Crippen molar-refractivity contribution in [3.63, 3.8) is 0 Å². The van der Waals surface area contributed by atoms with Crippen LogP contribution < -0.4 is 10.1 Å². The standard InChI is InChI=1S/C25H26ClF3N4O2S/c1-15-4-2-7-20(32-15)35-13-16-8-10-33(11-9-16)19(23-22(24(28)29)31-14-36-23)12-30-25(34)21-17(26)5-3-6-18(21)27/h2-7,14,16,19,24H,8-13H2,1H3,(H,30,34). The Hall–Kier alpha value is -2.69. The first-order chi connectivity index (χ1) is 17.3. The van der Waals surface area contributed by atoms with Gasteiger partial charge in [0.25, 0.3) is 12.3 Å². The molecule has 3 heterocycles. The van der Waals surface area contributed by atoms with Gasteiger partial charge in [-0.15, -0.1) is 11.3 Å². The van der Waals surface area contributed by atoms with Gasteiger partial charge in [0.15, 0.2) is 0 Å². The minimum absolute atomic E-state index is 0.0137. The first-order valence-corrected chi connectivity index (χ1v) is 12.8. The number of halogens is 4. The second-order valence-corrected chi connectivity index (χ2v) is 9.93. The maximum atomic E-state index is 14.2. The number of aromatic nitrogens is 2. The van der Waals surface area contributed by atoms with E-state index in [0.717, 1.165) is 35.9 Å². The van der Waals surface area contributed by atoms with Gasteiger partial charge in [-0.1, -0.05) is 23.7 Å². The first-order valence-electron chi connectivity index (χ1n) is 11.6. The van der Waals surface area contributed by atoms with Crippen LogP contribution in [0.25, 0.3) is 0 Å². The fraction of sp³-hybridized carbons (Fsp3) is 0.400. The van der Waals surface area contributed by atoms with Crippen LogP contribution in [0, 0.1) is 18.7 Å². The van der Waals surface area contributed by atoms with Crippen molar-refractivity contribution in [3.8, 4) is 5.88 Å². The number of carbonyl (C=O) groups is 1. The Morgan fingerprint density at radius 2 is 2.00 bits per heavy atom. The van der Waals surface area contributed by atoms with Crippen molar-refractivity contribution in [2.45, 2.75) is 32.2 Å².